The SMILES string of the molecule is O=S(=O)([O-])CC(OCCOc1cccc2c1CCCC2)(C(F)(F)F)C(F)(F)F. The van der Waals surface area contributed by atoms with Crippen molar-refractivity contribution < 1.29 is 48.8 Å². The molecule has 0 unspecified atom stereocenters. The molecule has 28 heavy (non-hydrogen) atoms. The van der Waals surface area contributed by atoms with Gasteiger partial charge in [-0.1, -0.05) is 12.1 Å². The Balaban J connectivity index is 2.14. The molecule has 5 nitrogen and oxygen atoms in total. The minimum absolute atomic E-state index is 0.321. The Morgan fingerprint density at radius 2 is 1.57 bits per heavy atom. The second kappa shape index (κ2) is 8.07. The van der Waals surface area contributed by atoms with E-state index in [4.69, 9.17) is 4.74 Å². The molecule has 0 heterocycles. The number of ether oxygens (including phenoxy) is 2. The number of benzene rings is 1. The summed E-state index contributed by atoms with van der Waals surface area (Å²) in [4.78, 5) is 0. The highest BCUT2D eigenvalue weighted by Crippen LogP contribution is 2.46. The van der Waals surface area contributed by atoms with Crippen LogP contribution < -0.4 is 4.74 Å². The van der Waals surface area contributed by atoms with Crippen molar-refractivity contribution in [3.05, 3.63) is 29.3 Å². The molecule has 12 heteroatoms. The van der Waals surface area contributed by atoms with Crippen LogP contribution in [0.2, 0.25) is 0 Å². The van der Waals surface area contributed by atoms with Crippen molar-refractivity contribution in [2.24, 2.45) is 0 Å². The van der Waals surface area contributed by atoms with Crippen molar-refractivity contribution in [1.29, 1.82) is 0 Å². The summed E-state index contributed by atoms with van der Waals surface area (Å²) >= 11 is 0. The van der Waals surface area contributed by atoms with Crippen LogP contribution in [0, 0.1) is 0 Å². The van der Waals surface area contributed by atoms with Crippen LogP contribution in [-0.2, 0) is 27.7 Å². The minimum Gasteiger partial charge on any atom is -0.748 e. The highest BCUT2D eigenvalue weighted by molar-refractivity contribution is 7.85. The summed E-state index contributed by atoms with van der Waals surface area (Å²) in [6, 6.07) is 5.04. The highest BCUT2D eigenvalue weighted by Gasteiger charge is 2.73. The van der Waals surface area contributed by atoms with Crippen LogP contribution in [0.3, 0.4) is 0 Å². The summed E-state index contributed by atoms with van der Waals surface area (Å²) in [6.07, 6.45) is -9.06. The van der Waals surface area contributed by atoms with E-state index in [0.29, 0.717) is 12.2 Å². The van der Waals surface area contributed by atoms with Gasteiger partial charge in [0.15, 0.2) is 0 Å². The smallest absolute Gasteiger partial charge is 0.427 e. The molecule has 0 radical (unpaired) electrons. The van der Waals surface area contributed by atoms with Gasteiger partial charge in [0.25, 0.3) is 5.60 Å². The van der Waals surface area contributed by atoms with E-state index in [1.807, 2.05) is 6.07 Å². The summed E-state index contributed by atoms with van der Waals surface area (Å²) in [7, 11) is -5.91. The predicted octanol–water partition coefficient (Wildman–Crippen LogP) is 3.37. The van der Waals surface area contributed by atoms with Crippen LogP contribution in [0.15, 0.2) is 18.2 Å². The summed E-state index contributed by atoms with van der Waals surface area (Å²) in [5.41, 5.74) is -3.31. The average Bonchev–Trinajstić information content (AvgIpc) is 2.54. The largest absolute Gasteiger partial charge is 0.748 e. The Hall–Kier alpha value is -1.53. The summed E-state index contributed by atoms with van der Waals surface area (Å²) in [5.74, 6) is -2.49. The van der Waals surface area contributed by atoms with E-state index in [1.54, 1.807) is 6.07 Å². The normalized spacial score (nSPS) is 16.0. The van der Waals surface area contributed by atoms with Crippen LogP contribution in [0.5, 0.6) is 5.75 Å². The maximum atomic E-state index is 13.1. The number of fused-ring (bicyclic) bond motifs is 1. The first kappa shape index (κ1) is 22.8. The molecular weight excluding hydrogens is 418 g/mol. The van der Waals surface area contributed by atoms with E-state index in [0.717, 1.165) is 30.4 Å². The number of alkyl halides is 6. The molecule has 0 aromatic heterocycles. The number of hydrogen-bond donors (Lipinski definition) is 0. The lowest BCUT2D eigenvalue weighted by Gasteiger charge is -2.37. The van der Waals surface area contributed by atoms with Gasteiger partial charge in [-0.25, -0.2) is 8.42 Å². The zero-order valence-corrected chi connectivity index (χ0v) is 15.2. The number of aryl methyl sites for hydroxylation is 1. The summed E-state index contributed by atoms with van der Waals surface area (Å²) in [5, 5.41) is 0. The van der Waals surface area contributed by atoms with E-state index in [9.17, 15) is 39.3 Å². The Labute approximate surface area is 157 Å². The molecular formula is C16H17F6O5S-. The molecule has 1 aliphatic carbocycles. The predicted molar refractivity (Wildman–Crippen MR) is 83.9 cm³/mol. The van der Waals surface area contributed by atoms with Gasteiger partial charge in [0.05, 0.1) is 22.5 Å². The lowest BCUT2D eigenvalue weighted by molar-refractivity contribution is -0.372. The van der Waals surface area contributed by atoms with Crippen LogP contribution in [0.1, 0.15) is 24.0 Å². The van der Waals surface area contributed by atoms with E-state index in [-0.39, 0.29) is 0 Å². The fourth-order valence-corrected chi connectivity index (χ4v) is 3.94. The molecule has 0 bridgehead atoms. The molecule has 0 atom stereocenters. The molecule has 0 N–H and O–H groups in total. The highest BCUT2D eigenvalue weighted by atomic mass is 32.2. The molecule has 2 rings (SSSR count). The first-order chi connectivity index (χ1) is 12.8. The fourth-order valence-electron chi connectivity index (χ4n) is 3.03. The topological polar surface area (TPSA) is 75.7 Å². The van der Waals surface area contributed by atoms with Crippen molar-refractivity contribution in [1.82, 2.24) is 0 Å². The zero-order valence-electron chi connectivity index (χ0n) is 14.4. The van der Waals surface area contributed by atoms with Gasteiger partial charge in [-0.2, -0.15) is 26.3 Å². The molecule has 0 aliphatic heterocycles. The minimum atomic E-state index is -6.17. The van der Waals surface area contributed by atoms with Gasteiger partial charge in [0.2, 0.25) is 0 Å². The third-order valence-electron chi connectivity index (χ3n) is 4.34. The molecule has 0 saturated heterocycles. The first-order valence-corrected chi connectivity index (χ1v) is 9.79. The van der Waals surface area contributed by atoms with Crippen molar-refractivity contribution in [3.63, 3.8) is 0 Å². The molecule has 1 aromatic carbocycles. The van der Waals surface area contributed by atoms with Gasteiger partial charge >= 0.3 is 12.4 Å². The number of halogens is 6. The van der Waals surface area contributed by atoms with Crippen LogP contribution >= 0.6 is 0 Å². The molecule has 1 aromatic rings. The van der Waals surface area contributed by atoms with Crippen molar-refractivity contribution in [2.45, 2.75) is 43.6 Å². The molecule has 0 spiro atoms. The first-order valence-electron chi connectivity index (χ1n) is 8.21. The Kier molecular flexibility index (Phi) is 6.56. The molecule has 0 saturated carbocycles. The lowest BCUT2D eigenvalue weighted by atomic mass is 9.91. The van der Waals surface area contributed by atoms with Gasteiger partial charge in [-0.05, 0) is 42.9 Å². The van der Waals surface area contributed by atoms with Crippen molar-refractivity contribution in [3.8, 4) is 5.75 Å². The van der Waals surface area contributed by atoms with Crippen molar-refractivity contribution in [2.75, 3.05) is 19.0 Å². The molecule has 160 valence electrons. The van der Waals surface area contributed by atoms with Crippen LogP contribution in [-0.4, -0.2) is 49.9 Å². The van der Waals surface area contributed by atoms with Gasteiger partial charge in [-0.15, -0.1) is 0 Å². The maximum absolute atomic E-state index is 13.1. The van der Waals surface area contributed by atoms with E-state index < -0.39 is 47.0 Å². The van der Waals surface area contributed by atoms with E-state index in [2.05, 4.69) is 4.74 Å². The summed E-state index contributed by atoms with van der Waals surface area (Å²) in [6.45, 7) is -1.92. The van der Waals surface area contributed by atoms with Gasteiger partial charge in [0.1, 0.15) is 12.4 Å². The summed E-state index contributed by atoms with van der Waals surface area (Å²) < 4.78 is 120. The monoisotopic (exact) mass is 435 g/mol. The van der Waals surface area contributed by atoms with Gasteiger partial charge in [0, 0.05) is 0 Å². The zero-order chi connectivity index (χ0) is 21.2. The second-order valence-electron chi connectivity index (χ2n) is 6.32. The molecule has 1 aliphatic rings. The third-order valence-corrected chi connectivity index (χ3v) is 5.10. The lowest BCUT2D eigenvalue weighted by Crippen LogP contribution is -2.63. The maximum Gasteiger partial charge on any atom is 0.427 e. The van der Waals surface area contributed by atoms with E-state index in [1.165, 1.54) is 6.07 Å². The average molecular weight is 435 g/mol. The third kappa shape index (κ3) is 5.09. The van der Waals surface area contributed by atoms with Gasteiger partial charge in [-0.3, -0.25) is 0 Å². The molecule has 0 amide bonds. The number of hydrogen-bond acceptors (Lipinski definition) is 5. The standard InChI is InChI=1S/C16H18F6O5S/c17-15(18,19)14(16(20,21)22,10-28(23,24)25)27-9-8-26-13-7-3-5-11-4-1-2-6-12(11)13/h3,5,7H,1-2,4,6,8-10H2,(H,23,24,25)/p-1. The fraction of sp³-hybridized carbons (Fsp3) is 0.625. The van der Waals surface area contributed by atoms with Crippen LogP contribution in [0.4, 0.5) is 26.3 Å². The Bertz CT molecular complexity index is 774. The van der Waals surface area contributed by atoms with Crippen molar-refractivity contribution >= 4 is 10.1 Å². The molecule has 0 fully saturated rings. The van der Waals surface area contributed by atoms with Crippen LogP contribution in [0.25, 0.3) is 0 Å². The number of rotatable bonds is 7. The Morgan fingerprint density at radius 3 is 2.14 bits per heavy atom. The quantitative estimate of drug-likeness (QED) is 0.373. The second-order valence-corrected chi connectivity index (χ2v) is 7.73. The van der Waals surface area contributed by atoms with E-state index >= 15 is 0 Å². The van der Waals surface area contributed by atoms with Gasteiger partial charge < -0.3 is 14.0 Å². The Morgan fingerprint density at radius 1 is 0.964 bits per heavy atom.